The Labute approximate surface area is 251 Å². The third-order valence-electron chi connectivity index (χ3n) is 8.56. The van der Waals surface area contributed by atoms with Crippen molar-refractivity contribution in [2.75, 3.05) is 37.0 Å². The lowest BCUT2D eigenvalue weighted by Gasteiger charge is -2.35. The van der Waals surface area contributed by atoms with Crippen molar-refractivity contribution in [1.82, 2.24) is 5.32 Å². The van der Waals surface area contributed by atoms with E-state index in [0.29, 0.717) is 40.6 Å². The summed E-state index contributed by atoms with van der Waals surface area (Å²) in [7, 11) is 1.51. The molecule has 9 heteroatoms. The first-order chi connectivity index (χ1) is 20.3. The Morgan fingerprint density at radius 1 is 1.05 bits per heavy atom. The average molecular weight is 589 g/mol. The predicted octanol–water partition coefficient (Wildman–Crippen LogP) is 5.53. The second-order valence-electron chi connectivity index (χ2n) is 11.1. The molecule has 3 aromatic carbocycles. The van der Waals surface area contributed by atoms with Gasteiger partial charge in [0, 0.05) is 34.3 Å². The number of aryl methyl sites for hydroxylation is 1. The molecule has 220 valence electrons. The minimum Gasteiger partial charge on any atom is -0.495 e. The summed E-state index contributed by atoms with van der Waals surface area (Å²) in [5, 5.41) is 6.82. The highest BCUT2D eigenvalue weighted by Gasteiger charge is 2.39. The number of rotatable bonds is 7. The lowest BCUT2D eigenvalue weighted by molar-refractivity contribution is -0.124. The van der Waals surface area contributed by atoms with E-state index in [0.717, 1.165) is 49.2 Å². The molecule has 2 atom stereocenters. The second-order valence-corrected chi connectivity index (χ2v) is 11.5. The zero-order chi connectivity index (χ0) is 29.8. The lowest BCUT2D eigenvalue weighted by atomic mass is 9.72. The number of fused-ring (bicyclic) bond motifs is 1. The van der Waals surface area contributed by atoms with Crippen LogP contribution in [0.2, 0.25) is 5.02 Å². The number of carbonyl (C=O) groups is 3. The molecule has 2 unspecified atom stereocenters. The summed E-state index contributed by atoms with van der Waals surface area (Å²) in [4.78, 5) is 41.6. The first-order valence-corrected chi connectivity index (χ1v) is 14.8. The van der Waals surface area contributed by atoms with Gasteiger partial charge in [0.1, 0.15) is 5.75 Å². The molecule has 0 spiro atoms. The molecule has 0 saturated carbocycles. The van der Waals surface area contributed by atoms with E-state index in [-0.39, 0.29) is 35.5 Å². The third-order valence-corrected chi connectivity index (χ3v) is 8.80. The number of nitrogens with zero attached hydrogens (tertiary/aromatic N) is 1. The fourth-order valence-electron chi connectivity index (χ4n) is 6.46. The largest absolute Gasteiger partial charge is 0.495 e. The third kappa shape index (κ3) is 6.15. The number of ether oxygens (including phenoxy) is 1. The molecule has 0 aliphatic carbocycles. The van der Waals surface area contributed by atoms with Crippen molar-refractivity contribution in [3.05, 3.63) is 87.9 Å². The van der Waals surface area contributed by atoms with Crippen molar-refractivity contribution in [3.8, 4) is 5.75 Å². The normalized spacial score (nSPS) is 18.0. The molecule has 4 N–H and O–H groups in total. The average Bonchev–Trinajstić information content (AvgIpc) is 3.17. The number of anilines is 2. The van der Waals surface area contributed by atoms with Crippen LogP contribution in [-0.2, 0) is 4.79 Å². The minimum atomic E-state index is -0.337. The number of piperidine rings is 1. The van der Waals surface area contributed by atoms with Gasteiger partial charge in [0.15, 0.2) is 0 Å². The van der Waals surface area contributed by atoms with Crippen LogP contribution >= 0.6 is 11.6 Å². The van der Waals surface area contributed by atoms with Crippen LogP contribution in [0, 0.1) is 18.8 Å². The maximum Gasteiger partial charge on any atom is 0.258 e. The smallest absolute Gasteiger partial charge is 0.258 e. The number of hydrogen-bond donors (Lipinski definition) is 3. The van der Waals surface area contributed by atoms with Gasteiger partial charge in [-0.15, -0.1) is 0 Å². The molecule has 0 bridgehead atoms. The van der Waals surface area contributed by atoms with E-state index in [2.05, 4.69) is 10.6 Å². The number of amides is 3. The van der Waals surface area contributed by atoms with Crippen LogP contribution in [0.5, 0.6) is 5.75 Å². The van der Waals surface area contributed by atoms with Crippen LogP contribution in [0.15, 0.2) is 60.7 Å². The fraction of sp³-hybridized carbons (Fsp3) is 0.364. The van der Waals surface area contributed by atoms with E-state index in [1.807, 2.05) is 37.3 Å². The van der Waals surface area contributed by atoms with Gasteiger partial charge in [-0.2, -0.15) is 0 Å². The highest BCUT2D eigenvalue weighted by atomic mass is 35.5. The van der Waals surface area contributed by atoms with E-state index < -0.39 is 0 Å². The van der Waals surface area contributed by atoms with Gasteiger partial charge in [0.2, 0.25) is 5.91 Å². The molecule has 0 radical (unpaired) electrons. The van der Waals surface area contributed by atoms with Crippen LogP contribution in [0.4, 0.5) is 11.4 Å². The topological polar surface area (TPSA) is 114 Å². The quantitative estimate of drug-likeness (QED) is 0.336. The molecule has 1 fully saturated rings. The zero-order valence-corrected chi connectivity index (χ0v) is 24.7. The van der Waals surface area contributed by atoms with Gasteiger partial charge >= 0.3 is 0 Å². The van der Waals surface area contributed by atoms with Crippen molar-refractivity contribution in [2.45, 2.75) is 38.5 Å². The highest BCUT2D eigenvalue weighted by molar-refractivity contribution is 6.30. The first kappa shape index (κ1) is 29.6. The molecule has 2 aliphatic heterocycles. The molecular formula is C33H37ClN4O4. The number of nitrogens with one attached hydrogen (secondary N) is 2. The molecule has 3 amide bonds. The molecule has 0 aromatic heterocycles. The van der Waals surface area contributed by atoms with E-state index in [1.165, 1.54) is 7.11 Å². The summed E-state index contributed by atoms with van der Waals surface area (Å²) < 4.78 is 5.58. The highest BCUT2D eigenvalue weighted by Crippen LogP contribution is 2.44. The summed E-state index contributed by atoms with van der Waals surface area (Å²) in [6, 6.07) is 17.9. The summed E-state index contributed by atoms with van der Waals surface area (Å²) in [6.45, 7) is 4.08. The summed E-state index contributed by atoms with van der Waals surface area (Å²) in [5.74, 6) is -0.674. The number of methoxy groups -OCH3 is 1. The number of halogens is 1. The van der Waals surface area contributed by atoms with E-state index in [1.54, 1.807) is 35.2 Å². The van der Waals surface area contributed by atoms with Crippen molar-refractivity contribution in [1.29, 1.82) is 0 Å². The van der Waals surface area contributed by atoms with Gasteiger partial charge in [0.05, 0.1) is 12.8 Å². The Morgan fingerprint density at radius 2 is 1.81 bits per heavy atom. The Morgan fingerprint density at radius 3 is 2.52 bits per heavy atom. The van der Waals surface area contributed by atoms with Gasteiger partial charge < -0.3 is 26.0 Å². The van der Waals surface area contributed by atoms with Crippen molar-refractivity contribution < 1.29 is 19.1 Å². The molecule has 2 heterocycles. The number of nitrogens with two attached hydrogens (primary N) is 1. The molecule has 5 rings (SSSR count). The van der Waals surface area contributed by atoms with E-state index >= 15 is 0 Å². The van der Waals surface area contributed by atoms with Crippen molar-refractivity contribution in [3.63, 3.8) is 0 Å². The van der Waals surface area contributed by atoms with Gasteiger partial charge in [-0.1, -0.05) is 29.8 Å². The number of primary amides is 1. The van der Waals surface area contributed by atoms with Crippen molar-refractivity contribution in [2.24, 2.45) is 17.6 Å². The minimum absolute atomic E-state index is 0.134. The maximum atomic E-state index is 14.0. The molecule has 42 heavy (non-hydrogen) atoms. The molecule has 3 aromatic rings. The fourth-order valence-corrected chi connectivity index (χ4v) is 6.64. The van der Waals surface area contributed by atoms with Crippen molar-refractivity contribution >= 4 is 40.7 Å². The van der Waals surface area contributed by atoms with E-state index in [4.69, 9.17) is 22.1 Å². The van der Waals surface area contributed by atoms with Crippen LogP contribution in [0.1, 0.15) is 63.4 Å². The Balaban J connectivity index is 1.45. The van der Waals surface area contributed by atoms with Gasteiger partial charge in [-0.05, 0) is 111 Å². The molecule has 8 nitrogen and oxygen atoms in total. The molecular weight excluding hydrogens is 552 g/mol. The van der Waals surface area contributed by atoms with Gasteiger partial charge in [0.25, 0.3) is 11.8 Å². The summed E-state index contributed by atoms with van der Waals surface area (Å²) >= 11 is 6.48. The summed E-state index contributed by atoms with van der Waals surface area (Å²) in [5.41, 5.74) is 9.97. The predicted molar refractivity (Wildman–Crippen MR) is 166 cm³/mol. The SMILES string of the molecule is COc1cc(C(=O)N2CCCC(C(C(N)=O)C3CCNCC3)c3cc(Cl)ccc32)ccc1NC(=O)c1ccccc1C. The number of hydrogen-bond acceptors (Lipinski definition) is 5. The standard InChI is InChI=1S/C33H37ClN4O4/c1-20-6-3-4-7-24(20)32(40)37-27-11-9-22(18-29(27)42-2)33(41)38-17-5-8-25(26-19-23(34)10-12-28(26)38)30(31(35)39)21-13-15-36-16-14-21/h3-4,6-7,9-12,18-19,21,25,30,36H,5,8,13-17H2,1-2H3,(H2,35,39)(H,37,40). The Bertz CT molecular complexity index is 1490. The van der Waals surface area contributed by atoms with Crippen LogP contribution in [0.25, 0.3) is 0 Å². The lowest BCUT2D eigenvalue weighted by Crippen LogP contribution is -2.40. The van der Waals surface area contributed by atoms with E-state index in [9.17, 15) is 14.4 Å². The van der Waals surface area contributed by atoms with Gasteiger partial charge in [-0.3, -0.25) is 14.4 Å². The van der Waals surface area contributed by atoms with Crippen LogP contribution in [0.3, 0.4) is 0 Å². The number of benzene rings is 3. The van der Waals surface area contributed by atoms with Gasteiger partial charge in [-0.25, -0.2) is 0 Å². The monoisotopic (exact) mass is 588 g/mol. The zero-order valence-electron chi connectivity index (χ0n) is 24.0. The first-order valence-electron chi connectivity index (χ1n) is 14.4. The Kier molecular flexibility index (Phi) is 9.14. The Hall–Kier alpha value is -3.88. The molecule has 1 saturated heterocycles. The van der Waals surface area contributed by atoms with Crippen LogP contribution in [-0.4, -0.2) is 44.5 Å². The van der Waals surface area contributed by atoms with Crippen LogP contribution < -0.4 is 26.0 Å². The summed E-state index contributed by atoms with van der Waals surface area (Å²) in [6.07, 6.45) is 3.20. The molecule has 2 aliphatic rings. The second kappa shape index (κ2) is 13.0. The maximum absolute atomic E-state index is 14.0. The number of carbonyl (C=O) groups excluding carboxylic acids is 3.